The van der Waals surface area contributed by atoms with Crippen molar-refractivity contribution in [3.05, 3.63) is 21.1 Å². The summed E-state index contributed by atoms with van der Waals surface area (Å²) in [5.41, 5.74) is 2.03. The summed E-state index contributed by atoms with van der Waals surface area (Å²) in [6.45, 7) is 1.60. The second-order valence-corrected chi connectivity index (χ2v) is 4.89. The van der Waals surface area contributed by atoms with Gasteiger partial charge >= 0.3 is 0 Å². The number of nitrogens with one attached hydrogen (secondary N) is 1. The van der Waals surface area contributed by atoms with Crippen molar-refractivity contribution in [2.75, 3.05) is 7.11 Å². The third kappa shape index (κ3) is 3.58. The van der Waals surface area contributed by atoms with Crippen LogP contribution in [0.15, 0.2) is 21.1 Å². The fraction of sp³-hybridized carbons (Fsp3) is 0.300. The van der Waals surface area contributed by atoms with E-state index in [9.17, 15) is 4.79 Å². The Labute approximate surface area is 116 Å². The first kappa shape index (κ1) is 14.3. The van der Waals surface area contributed by atoms with Crippen LogP contribution in [0, 0.1) is 0 Å². The van der Waals surface area contributed by atoms with E-state index in [0.29, 0.717) is 16.0 Å². The maximum atomic E-state index is 11.2. The highest BCUT2D eigenvalue weighted by atomic mass is 79.9. The molecule has 1 aromatic rings. The van der Waals surface area contributed by atoms with Gasteiger partial charge < -0.3 is 9.47 Å². The molecular formula is C10H12Br2N2O3. The van der Waals surface area contributed by atoms with Crippen molar-refractivity contribution in [2.24, 2.45) is 5.84 Å². The van der Waals surface area contributed by atoms with Gasteiger partial charge in [0.1, 0.15) is 11.5 Å². The van der Waals surface area contributed by atoms with Crippen LogP contribution in [0.5, 0.6) is 11.5 Å². The number of hydrogen-bond acceptors (Lipinski definition) is 4. The van der Waals surface area contributed by atoms with Crippen LogP contribution in [0.2, 0.25) is 0 Å². The summed E-state index contributed by atoms with van der Waals surface area (Å²) in [6, 6.07) is 3.45. The van der Waals surface area contributed by atoms with Gasteiger partial charge in [0.05, 0.1) is 16.1 Å². The van der Waals surface area contributed by atoms with E-state index in [4.69, 9.17) is 15.3 Å². The number of amides is 1. The normalized spacial score (nSPS) is 11.8. The molecule has 0 spiro atoms. The van der Waals surface area contributed by atoms with Gasteiger partial charge in [-0.05, 0) is 50.9 Å². The number of ether oxygens (including phenoxy) is 2. The van der Waals surface area contributed by atoms with Crippen molar-refractivity contribution in [2.45, 2.75) is 13.0 Å². The number of rotatable bonds is 4. The highest BCUT2D eigenvalue weighted by Gasteiger charge is 2.16. The Bertz CT molecular complexity index is 426. The van der Waals surface area contributed by atoms with Crippen LogP contribution in [0.3, 0.4) is 0 Å². The molecule has 1 atom stereocenters. The van der Waals surface area contributed by atoms with Crippen LogP contribution < -0.4 is 20.7 Å². The minimum absolute atomic E-state index is 0.399. The number of methoxy groups -OCH3 is 1. The monoisotopic (exact) mass is 366 g/mol. The van der Waals surface area contributed by atoms with E-state index in [0.717, 1.165) is 4.47 Å². The quantitative estimate of drug-likeness (QED) is 0.484. The summed E-state index contributed by atoms with van der Waals surface area (Å²) < 4.78 is 12.0. The molecule has 1 aromatic carbocycles. The molecule has 1 unspecified atom stereocenters. The minimum atomic E-state index is -0.684. The second kappa shape index (κ2) is 6.23. The largest absolute Gasteiger partial charge is 0.496 e. The maximum absolute atomic E-state index is 11.2. The summed E-state index contributed by atoms with van der Waals surface area (Å²) in [4.78, 5) is 11.2. The van der Waals surface area contributed by atoms with Crippen LogP contribution >= 0.6 is 31.9 Å². The smallest absolute Gasteiger partial charge is 0.274 e. The average Bonchev–Trinajstić information content (AvgIpc) is 2.32. The van der Waals surface area contributed by atoms with E-state index in [1.165, 1.54) is 0 Å². The van der Waals surface area contributed by atoms with Gasteiger partial charge in [-0.2, -0.15) is 0 Å². The van der Waals surface area contributed by atoms with E-state index in [2.05, 4.69) is 31.9 Å². The molecule has 17 heavy (non-hydrogen) atoms. The summed E-state index contributed by atoms with van der Waals surface area (Å²) in [7, 11) is 1.57. The van der Waals surface area contributed by atoms with Crippen LogP contribution in [0.1, 0.15) is 6.92 Å². The molecule has 5 nitrogen and oxygen atoms in total. The zero-order valence-electron chi connectivity index (χ0n) is 9.29. The lowest BCUT2D eigenvalue weighted by atomic mass is 10.3. The van der Waals surface area contributed by atoms with Gasteiger partial charge in [0, 0.05) is 0 Å². The number of carbonyl (C=O) groups is 1. The molecule has 0 aromatic heterocycles. The summed E-state index contributed by atoms with van der Waals surface area (Å²) >= 11 is 6.67. The van der Waals surface area contributed by atoms with Crippen LogP contribution in [0.4, 0.5) is 0 Å². The molecule has 0 radical (unpaired) electrons. The Morgan fingerprint density at radius 1 is 1.35 bits per heavy atom. The van der Waals surface area contributed by atoms with Crippen LogP contribution in [-0.2, 0) is 4.79 Å². The SMILES string of the molecule is COc1cc(Br)c(OC(C)C(=O)NN)cc1Br. The fourth-order valence-electron chi connectivity index (χ4n) is 1.12. The minimum Gasteiger partial charge on any atom is -0.496 e. The number of benzene rings is 1. The third-order valence-electron chi connectivity index (χ3n) is 2.02. The molecule has 0 fully saturated rings. The molecule has 0 saturated heterocycles. The van der Waals surface area contributed by atoms with Gasteiger partial charge in [-0.1, -0.05) is 0 Å². The molecule has 1 amide bonds. The van der Waals surface area contributed by atoms with Gasteiger partial charge in [0.15, 0.2) is 6.10 Å². The van der Waals surface area contributed by atoms with Crippen molar-refractivity contribution in [3.63, 3.8) is 0 Å². The number of nitrogens with two attached hydrogens (primary N) is 1. The first-order valence-corrected chi connectivity index (χ1v) is 6.28. The van der Waals surface area contributed by atoms with E-state index in [1.807, 2.05) is 5.43 Å². The Morgan fingerprint density at radius 3 is 2.41 bits per heavy atom. The van der Waals surface area contributed by atoms with Crippen molar-refractivity contribution in [3.8, 4) is 11.5 Å². The van der Waals surface area contributed by atoms with E-state index >= 15 is 0 Å². The predicted molar refractivity (Wildman–Crippen MR) is 70.8 cm³/mol. The van der Waals surface area contributed by atoms with Gasteiger partial charge in [-0.15, -0.1) is 0 Å². The second-order valence-electron chi connectivity index (χ2n) is 3.19. The Hall–Kier alpha value is -0.790. The zero-order valence-corrected chi connectivity index (χ0v) is 12.5. The van der Waals surface area contributed by atoms with Crippen molar-refractivity contribution >= 4 is 37.8 Å². The lowest BCUT2D eigenvalue weighted by Crippen LogP contribution is -2.40. The number of hydrogen-bond donors (Lipinski definition) is 2. The molecule has 0 heterocycles. The van der Waals surface area contributed by atoms with Crippen molar-refractivity contribution < 1.29 is 14.3 Å². The molecule has 0 bridgehead atoms. The van der Waals surface area contributed by atoms with Crippen molar-refractivity contribution in [1.29, 1.82) is 0 Å². The lowest BCUT2D eigenvalue weighted by Gasteiger charge is -2.15. The highest BCUT2D eigenvalue weighted by molar-refractivity contribution is 9.11. The fourth-order valence-corrected chi connectivity index (χ4v) is 2.02. The van der Waals surface area contributed by atoms with Gasteiger partial charge in [-0.3, -0.25) is 10.2 Å². The molecule has 7 heteroatoms. The van der Waals surface area contributed by atoms with Gasteiger partial charge in [0.2, 0.25) is 0 Å². The molecule has 0 aliphatic carbocycles. The molecule has 0 saturated carbocycles. The maximum Gasteiger partial charge on any atom is 0.274 e. The molecule has 0 aliphatic rings. The van der Waals surface area contributed by atoms with Gasteiger partial charge in [-0.25, -0.2) is 5.84 Å². The average molecular weight is 368 g/mol. The molecule has 0 aliphatic heterocycles. The number of hydrazine groups is 1. The number of carbonyl (C=O) groups excluding carboxylic acids is 1. The predicted octanol–water partition coefficient (Wildman–Crippen LogP) is 1.98. The van der Waals surface area contributed by atoms with Gasteiger partial charge in [0.25, 0.3) is 5.91 Å². The topological polar surface area (TPSA) is 73.6 Å². The Balaban J connectivity index is 2.92. The molecule has 94 valence electrons. The van der Waals surface area contributed by atoms with E-state index in [-0.39, 0.29) is 0 Å². The lowest BCUT2D eigenvalue weighted by molar-refractivity contribution is -0.127. The van der Waals surface area contributed by atoms with E-state index < -0.39 is 12.0 Å². The molecule has 3 N–H and O–H groups in total. The highest BCUT2D eigenvalue weighted by Crippen LogP contribution is 2.36. The standard InChI is InChI=1S/C10H12Br2N2O3/c1-5(10(15)14-13)17-9-4-6(11)8(16-2)3-7(9)12/h3-5H,13H2,1-2H3,(H,14,15). The van der Waals surface area contributed by atoms with Crippen LogP contribution in [0.25, 0.3) is 0 Å². The molecular weight excluding hydrogens is 356 g/mol. The Kier molecular flexibility index (Phi) is 5.23. The summed E-state index contributed by atoms with van der Waals surface area (Å²) in [5, 5.41) is 0. The molecule has 1 rings (SSSR count). The summed E-state index contributed by atoms with van der Waals surface area (Å²) in [6.07, 6.45) is -0.684. The van der Waals surface area contributed by atoms with Crippen molar-refractivity contribution in [1.82, 2.24) is 5.43 Å². The first-order valence-electron chi connectivity index (χ1n) is 4.69. The first-order chi connectivity index (χ1) is 7.99. The zero-order chi connectivity index (χ0) is 13.0. The van der Waals surface area contributed by atoms with Crippen LogP contribution in [-0.4, -0.2) is 19.1 Å². The number of halogens is 2. The third-order valence-corrected chi connectivity index (χ3v) is 3.26. The van der Waals surface area contributed by atoms with E-state index in [1.54, 1.807) is 26.2 Å². The Morgan fingerprint density at radius 2 is 1.88 bits per heavy atom. The summed E-state index contributed by atoms with van der Waals surface area (Å²) in [5.74, 6) is 5.81.